The third kappa shape index (κ3) is 3.98. The van der Waals surface area contributed by atoms with E-state index in [-0.39, 0.29) is 4.90 Å². The molecule has 0 saturated carbocycles. The van der Waals surface area contributed by atoms with Crippen LogP contribution in [0.15, 0.2) is 41.8 Å². The van der Waals surface area contributed by atoms with Crippen molar-refractivity contribution in [3.63, 3.8) is 0 Å². The van der Waals surface area contributed by atoms with Crippen molar-refractivity contribution >= 4 is 19.7 Å². The number of aryl methyl sites for hydroxylation is 2. The first-order valence-corrected chi connectivity index (χ1v) is 8.41. The van der Waals surface area contributed by atoms with Crippen molar-refractivity contribution in [3.05, 3.63) is 42.5 Å². The van der Waals surface area contributed by atoms with Crippen molar-refractivity contribution in [1.29, 1.82) is 0 Å². The van der Waals surface area contributed by atoms with Gasteiger partial charge in [-0.2, -0.15) is 0 Å². The average Bonchev–Trinajstić information content (AvgIpc) is 2.88. The fourth-order valence-electron chi connectivity index (χ4n) is 1.78. The molecule has 5 nitrogen and oxygen atoms in total. The molecule has 1 aromatic heterocycles. The highest BCUT2D eigenvalue weighted by molar-refractivity contribution is 8.13. The summed E-state index contributed by atoms with van der Waals surface area (Å²) in [6.45, 7) is 3.16. The molecule has 0 unspecified atom stereocenters. The van der Waals surface area contributed by atoms with Crippen LogP contribution in [0.4, 0.5) is 0 Å². The number of benzene rings is 1. The van der Waals surface area contributed by atoms with Gasteiger partial charge >= 0.3 is 0 Å². The van der Waals surface area contributed by atoms with Crippen LogP contribution < -0.4 is 4.74 Å². The maximum Gasteiger partial charge on any atom is 0.261 e. The van der Waals surface area contributed by atoms with Crippen LogP contribution in [0.2, 0.25) is 0 Å². The second-order valence-electron chi connectivity index (χ2n) is 4.37. The zero-order valence-electron chi connectivity index (χ0n) is 11.0. The van der Waals surface area contributed by atoms with E-state index < -0.39 is 9.05 Å². The molecule has 0 saturated heterocycles. The van der Waals surface area contributed by atoms with E-state index in [1.54, 1.807) is 25.5 Å². The summed E-state index contributed by atoms with van der Waals surface area (Å²) in [6.07, 6.45) is 6.22. The molecule has 0 bridgehead atoms. The van der Waals surface area contributed by atoms with Crippen LogP contribution >= 0.6 is 10.7 Å². The van der Waals surface area contributed by atoms with Crippen molar-refractivity contribution in [2.45, 2.75) is 24.8 Å². The predicted octanol–water partition coefficient (Wildman–Crippen LogP) is 2.59. The van der Waals surface area contributed by atoms with Crippen LogP contribution in [0.5, 0.6) is 5.75 Å². The summed E-state index contributed by atoms with van der Waals surface area (Å²) in [7, 11) is 1.60. The van der Waals surface area contributed by atoms with Crippen LogP contribution in [0.1, 0.15) is 12.0 Å². The smallest absolute Gasteiger partial charge is 0.261 e. The monoisotopic (exact) mass is 314 g/mol. The summed E-state index contributed by atoms with van der Waals surface area (Å²) in [5.74, 6) is 0.666. The van der Waals surface area contributed by atoms with E-state index in [1.807, 2.05) is 10.8 Å². The van der Waals surface area contributed by atoms with Gasteiger partial charge in [0.25, 0.3) is 9.05 Å². The molecule has 20 heavy (non-hydrogen) atoms. The van der Waals surface area contributed by atoms with E-state index in [0.717, 1.165) is 18.5 Å². The number of ether oxygens (including phenoxy) is 1. The largest absolute Gasteiger partial charge is 0.493 e. The Hall–Kier alpha value is -1.53. The fourth-order valence-corrected chi connectivity index (χ4v) is 2.62. The van der Waals surface area contributed by atoms with Gasteiger partial charge in [-0.25, -0.2) is 13.4 Å². The molecule has 7 heteroatoms. The molecule has 2 rings (SSSR count). The van der Waals surface area contributed by atoms with Crippen LogP contribution in [0, 0.1) is 6.92 Å². The summed E-state index contributed by atoms with van der Waals surface area (Å²) in [6, 6.07) is 4.58. The molecule has 0 aliphatic carbocycles. The van der Waals surface area contributed by atoms with Gasteiger partial charge in [0.1, 0.15) is 5.75 Å². The normalized spacial score (nSPS) is 11.5. The highest BCUT2D eigenvalue weighted by Gasteiger charge is 2.11. The Balaban J connectivity index is 1.90. The Morgan fingerprint density at radius 1 is 1.40 bits per heavy atom. The van der Waals surface area contributed by atoms with Crippen molar-refractivity contribution < 1.29 is 13.2 Å². The first kappa shape index (κ1) is 14.9. The Bertz CT molecular complexity index is 669. The van der Waals surface area contributed by atoms with Gasteiger partial charge in [-0.15, -0.1) is 0 Å². The van der Waals surface area contributed by atoms with E-state index in [2.05, 4.69) is 4.98 Å². The maximum atomic E-state index is 11.2. The van der Waals surface area contributed by atoms with Gasteiger partial charge in [0.05, 0.1) is 17.8 Å². The molecule has 0 N–H and O–H groups in total. The van der Waals surface area contributed by atoms with Crippen molar-refractivity contribution in [3.8, 4) is 5.75 Å². The molecule has 0 radical (unpaired) electrons. The van der Waals surface area contributed by atoms with E-state index >= 15 is 0 Å². The van der Waals surface area contributed by atoms with Gasteiger partial charge in [0.15, 0.2) is 0 Å². The van der Waals surface area contributed by atoms with E-state index in [0.29, 0.717) is 12.4 Å². The lowest BCUT2D eigenvalue weighted by Gasteiger charge is -2.10. The Kier molecular flexibility index (Phi) is 4.67. The van der Waals surface area contributed by atoms with Gasteiger partial charge in [-0.1, -0.05) is 0 Å². The highest BCUT2D eigenvalue weighted by Crippen LogP contribution is 2.23. The first-order chi connectivity index (χ1) is 9.47. The Labute approximate surface area is 122 Å². The lowest BCUT2D eigenvalue weighted by molar-refractivity contribution is 0.299. The van der Waals surface area contributed by atoms with Gasteiger partial charge in [-0.3, -0.25) is 0 Å². The quantitative estimate of drug-likeness (QED) is 0.607. The number of aromatic nitrogens is 2. The van der Waals surface area contributed by atoms with Gasteiger partial charge in [-0.05, 0) is 37.1 Å². The summed E-state index contributed by atoms with van der Waals surface area (Å²) < 4.78 is 30.0. The van der Waals surface area contributed by atoms with Crippen LogP contribution in [-0.4, -0.2) is 24.6 Å². The second kappa shape index (κ2) is 6.28. The second-order valence-corrected chi connectivity index (χ2v) is 6.93. The molecule has 1 aromatic carbocycles. The van der Waals surface area contributed by atoms with Gasteiger partial charge < -0.3 is 9.30 Å². The molecule has 1 heterocycles. The third-order valence-electron chi connectivity index (χ3n) is 2.81. The number of halogens is 1. The minimum atomic E-state index is -3.69. The molecule has 0 aliphatic heterocycles. The van der Waals surface area contributed by atoms with Crippen LogP contribution in [0.3, 0.4) is 0 Å². The van der Waals surface area contributed by atoms with Crippen molar-refractivity contribution in [2.24, 2.45) is 0 Å². The maximum absolute atomic E-state index is 11.2. The van der Waals surface area contributed by atoms with Crippen molar-refractivity contribution in [1.82, 2.24) is 9.55 Å². The average molecular weight is 315 g/mol. The third-order valence-corrected chi connectivity index (χ3v) is 4.16. The SMILES string of the molecule is Cc1cc(S(=O)(=O)Cl)ccc1OCCCn1ccnc1. The topological polar surface area (TPSA) is 61.2 Å². The Morgan fingerprint density at radius 2 is 2.20 bits per heavy atom. The number of hydrogen-bond donors (Lipinski definition) is 0. The lowest BCUT2D eigenvalue weighted by Crippen LogP contribution is -2.04. The van der Waals surface area contributed by atoms with Crippen molar-refractivity contribution in [2.75, 3.05) is 6.61 Å². The predicted molar refractivity (Wildman–Crippen MR) is 76.6 cm³/mol. The minimum absolute atomic E-state index is 0.0856. The number of rotatable bonds is 6. The lowest BCUT2D eigenvalue weighted by atomic mass is 10.2. The highest BCUT2D eigenvalue weighted by atomic mass is 35.7. The van der Waals surface area contributed by atoms with E-state index in [1.165, 1.54) is 12.1 Å². The molecule has 0 spiro atoms. The summed E-state index contributed by atoms with van der Waals surface area (Å²) >= 11 is 0. The molecule has 0 fully saturated rings. The van der Waals surface area contributed by atoms with E-state index in [4.69, 9.17) is 15.4 Å². The van der Waals surface area contributed by atoms with E-state index in [9.17, 15) is 8.42 Å². The number of hydrogen-bond acceptors (Lipinski definition) is 4. The summed E-state index contributed by atoms with van der Waals surface area (Å²) in [4.78, 5) is 4.04. The number of imidazole rings is 1. The van der Waals surface area contributed by atoms with Crippen LogP contribution in [-0.2, 0) is 15.6 Å². The molecule has 0 aliphatic rings. The van der Waals surface area contributed by atoms with Gasteiger partial charge in [0, 0.05) is 29.6 Å². The molecule has 108 valence electrons. The minimum Gasteiger partial charge on any atom is -0.493 e. The molecular weight excluding hydrogens is 300 g/mol. The van der Waals surface area contributed by atoms with Gasteiger partial charge in [0.2, 0.25) is 0 Å². The molecular formula is C13H15ClN2O3S. The molecule has 0 atom stereocenters. The fraction of sp³-hybridized carbons (Fsp3) is 0.308. The first-order valence-electron chi connectivity index (χ1n) is 6.10. The Morgan fingerprint density at radius 3 is 2.80 bits per heavy atom. The van der Waals surface area contributed by atoms with Crippen LogP contribution in [0.25, 0.3) is 0 Å². The molecule has 0 amide bonds. The zero-order valence-corrected chi connectivity index (χ0v) is 12.6. The standard InChI is InChI=1S/C13H15ClN2O3S/c1-11-9-12(20(14,17)18)3-4-13(11)19-8-2-6-16-7-5-15-10-16/h3-5,7,9-10H,2,6,8H2,1H3. The summed E-state index contributed by atoms with van der Waals surface area (Å²) in [5, 5.41) is 0. The zero-order chi connectivity index (χ0) is 14.6. The number of nitrogens with zero attached hydrogens (tertiary/aromatic N) is 2. The molecule has 2 aromatic rings. The summed E-state index contributed by atoms with van der Waals surface area (Å²) in [5.41, 5.74) is 0.745.